The lowest BCUT2D eigenvalue weighted by Gasteiger charge is -2.38. The molecule has 1 atom stereocenters. The van der Waals surface area contributed by atoms with Gasteiger partial charge in [-0.15, -0.1) is 0 Å². The van der Waals surface area contributed by atoms with Gasteiger partial charge in [0.1, 0.15) is 11.4 Å². The fourth-order valence-corrected chi connectivity index (χ4v) is 3.24. The summed E-state index contributed by atoms with van der Waals surface area (Å²) in [5, 5.41) is 2.67. The maximum Gasteiger partial charge on any atom is 0.407 e. The molecule has 8 nitrogen and oxygen atoms in total. The predicted molar refractivity (Wildman–Crippen MR) is 81.1 cm³/mol. The second kappa shape index (κ2) is 5.77. The minimum absolute atomic E-state index is 0.0723. The van der Waals surface area contributed by atoms with Gasteiger partial charge in [0.05, 0.1) is 13.1 Å². The van der Waals surface area contributed by atoms with Crippen molar-refractivity contribution in [2.75, 3.05) is 33.0 Å². The number of fused-ring (bicyclic) bond motifs is 1. The summed E-state index contributed by atoms with van der Waals surface area (Å²) in [7, 11) is 0. The fraction of sp³-hybridized carbons (Fsp3) is 0.500. The van der Waals surface area contributed by atoms with Crippen molar-refractivity contribution in [1.82, 2.24) is 10.2 Å². The van der Waals surface area contributed by atoms with E-state index < -0.39 is 11.7 Å². The Bertz CT molecular complexity index is 679. The van der Waals surface area contributed by atoms with Gasteiger partial charge in [0.15, 0.2) is 18.1 Å². The van der Waals surface area contributed by atoms with Gasteiger partial charge in [-0.3, -0.25) is 4.79 Å². The Morgan fingerprint density at radius 1 is 1.33 bits per heavy atom. The number of nitrogens with one attached hydrogen (secondary N) is 1. The first-order chi connectivity index (χ1) is 11.6. The van der Waals surface area contributed by atoms with E-state index in [-0.39, 0.29) is 19.3 Å². The number of benzene rings is 1. The number of nitrogens with zero attached hydrogens (tertiary/aromatic N) is 1. The van der Waals surface area contributed by atoms with Crippen LogP contribution >= 0.6 is 0 Å². The fourth-order valence-electron chi connectivity index (χ4n) is 3.24. The molecule has 8 heteroatoms. The van der Waals surface area contributed by atoms with Crippen molar-refractivity contribution in [2.24, 2.45) is 0 Å². The van der Waals surface area contributed by atoms with Crippen LogP contribution < -0.4 is 19.5 Å². The second-order valence-electron chi connectivity index (χ2n) is 6.15. The average molecular weight is 334 g/mol. The second-order valence-corrected chi connectivity index (χ2v) is 6.15. The van der Waals surface area contributed by atoms with Gasteiger partial charge in [-0.05, 0) is 25.0 Å². The Morgan fingerprint density at radius 2 is 2.21 bits per heavy atom. The van der Waals surface area contributed by atoms with Crippen LogP contribution in [0.2, 0.25) is 0 Å². The minimum atomic E-state index is -0.594. The first-order valence-electron chi connectivity index (χ1n) is 7.91. The molecule has 4 rings (SSSR count). The summed E-state index contributed by atoms with van der Waals surface area (Å²) in [5.74, 6) is 1.70. The normalized spacial score (nSPS) is 24.7. The van der Waals surface area contributed by atoms with E-state index in [9.17, 15) is 9.59 Å². The molecule has 1 aromatic carbocycles. The number of likely N-dealkylation sites (tertiary alicyclic amines) is 1. The Balaban J connectivity index is 1.35. The largest absolute Gasteiger partial charge is 0.484 e. The van der Waals surface area contributed by atoms with Gasteiger partial charge >= 0.3 is 6.09 Å². The van der Waals surface area contributed by atoms with E-state index in [4.69, 9.17) is 18.9 Å². The van der Waals surface area contributed by atoms with E-state index in [0.29, 0.717) is 36.9 Å². The number of hydrogen-bond donors (Lipinski definition) is 1. The SMILES string of the molecule is O=C1NC[C@]2(CCCN(C(=O)COc3ccc4c(c3)OCO4)C2)O1. The Hall–Kier alpha value is -2.64. The molecule has 2 fully saturated rings. The number of amides is 2. The van der Waals surface area contributed by atoms with Crippen LogP contribution in [0.4, 0.5) is 4.79 Å². The van der Waals surface area contributed by atoms with Gasteiger partial charge in [-0.1, -0.05) is 0 Å². The van der Waals surface area contributed by atoms with Gasteiger partial charge in [0.25, 0.3) is 5.91 Å². The smallest absolute Gasteiger partial charge is 0.407 e. The van der Waals surface area contributed by atoms with Crippen molar-refractivity contribution in [1.29, 1.82) is 0 Å². The highest BCUT2D eigenvalue weighted by atomic mass is 16.7. The van der Waals surface area contributed by atoms with E-state index in [1.807, 2.05) is 0 Å². The molecule has 3 aliphatic heterocycles. The molecule has 0 aliphatic carbocycles. The Kier molecular flexibility index (Phi) is 3.59. The summed E-state index contributed by atoms with van der Waals surface area (Å²) in [6.45, 7) is 1.60. The zero-order valence-corrected chi connectivity index (χ0v) is 13.1. The predicted octanol–water partition coefficient (Wildman–Crippen LogP) is 0.895. The third-order valence-corrected chi connectivity index (χ3v) is 4.46. The molecule has 2 amide bonds. The lowest BCUT2D eigenvalue weighted by molar-refractivity contribution is -0.138. The molecule has 1 spiro atoms. The molecule has 2 saturated heterocycles. The molecular weight excluding hydrogens is 316 g/mol. The first-order valence-corrected chi connectivity index (χ1v) is 7.91. The molecule has 0 radical (unpaired) electrons. The number of hydrogen-bond acceptors (Lipinski definition) is 6. The van der Waals surface area contributed by atoms with E-state index in [2.05, 4.69) is 5.32 Å². The summed E-state index contributed by atoms with van der Waals surface area (Å²) in [5.41, 5.74) is -0.594. The van der Waals surface area contributed by atoms with E-state index >= 15 is 0 Å². The molecule has 3 heterocycles. The monoisotopic (exact) mass is 334 g/mol. The highest BCUT2D eigenvalue weighted by Crippen LogP contribution is 2.35. The van der Waals surface area contributed by atoms with Gasteiger partial charge in [0, 0.05) is 12.6 Å². The van der Waals surface area contributed by atoms with Gasteiger partial charge < -0.3 is 29.2 Å². The standard InChI is InChI=1S/C16H18N2O6/c19-14(7-21-11-2-3-12-13(6-11)23-10-22-12)18-5-1-4-16(9-18)8-17-15(20)24-16/h2-3,6H,1,4-5,7-10H2,(H,17,20)/t16-/m0/s1. The molecule has 1 aromatic rings. The van der Waals surface area contributed by atoms with E-state index in [1.165, 1.54) is 0 Å². The molecule has 3 aliphatic rings. The van der Waals surface area contributed by atoms with Gasteiger partial charge in [-0.2, -0.15) is 0 Å². The molecular formula is C16H18N2O6. The zero-order chi connectivity index (χ0) is 16.6. The van der Waals surface area contributed by atoms with E-state index in [0.717, 1.165) is 12.8 Å². The van der Waals surface area contributed by atoms with Crippen LogP contribution in [0.1, 0.15) is 12.8 Å². The third-order valence-electron chi connectivity index (χ3n) is 4.46. The van der Waals surface area contributed by atoms with Gasteiger partial charge in [-0.25, -0.2) is 4.79 Å². The molecule has 0 saturated carbocycles. The highest BCUT2D eigenvalue weighted by molar-refractivity contribution is 5.78. The quantitative estimate of drug-likeness (QED) is 0.884. The number of carbonyl (C=O) groups is 2. The highest BCUT2D eigenvalue weighted by Gasteiger charge is 2.44. The molecule has 1 N–H and O–H groups in total. The van der Waals surface area contributed by atoms with Crippen molar-refractivity contribution in [3.05, 3.63) is 18.2 Å². The average Bonchev–Trinajstić information content (AvgIpc) is 3.19. The number of rotatable bonds is 3. The van der Waals surface area contributed by atoms with Crippen LogP contribution in [-0.2, 0) is 9.53 Å². The van der Waals surface area contributed by atoms with Crippen LogP contribution in [0.25, 0.3) is 0 Å². The number of piperidine rings is 1. The van der Waals surface area contributed by atoms with Crippen molar-refractivity contribution < 1.29 is 28.5 Å². The van der Waals surface area contributed by atoms with Crippen molar-refractivity contribution in [3.63, 3.8) is 0 Å². The minimum Gasteiger partial charge on any atom is -0.484 e. The van der Waals surface area contributed by atoms with Crippen LogP contribution in [0.15, 0.2) is 18.2 Å². The summed E-state index contributed by atoms with van der Waals surface area (Å²) in [6.07, 6.45) is 1.14. The molecule has 0 unspecified atom stereocenters. The summed E-state index contributed by atoms with van der Waals surface area (Å²) >= 11 is 0. The summed E-state index contributed by atoms with van der Waals surface area (Å²) in [4.78, 5) is 25.4. The topological polar surface area (TPSA) is 86.3 Å². The first kappa shape index (κ1) is 14.9. The molecule has 0 aromatic heterocycles. The van der Waals surface area contributed by atoms with Crippen LogP contribution in [0.3, 0.4) is 0 Å². The Labute approximate surface area is 138 Å². The summed E-state index contributed by atoms with van der Waals surface area (Å²) < 4.78 is 21.5. The number of ether oxygens (including phenoxy) is 4. The van der Waals surface area contributed by atoms with Crippen LogP contribution in [0.5, 0.6) is 17.2 Å². The lowest BCUT2D eigenvalue weighted by atomic mass is 9.93. The molecule has 24 heavy (non-hydrogen) atoms. The zero-order valence-electron chi connectivity index (χ0n) is 13.1. The van der Waals surface area contributed by atoms with E-state index in [1.54, 1.807) is 23.1 Å². The molecule has 128 valence electrons. The number of alkyl carbamates (subject to hydrolysis) is 1. The van der Waals surface area contributed by atoms with Crippen molar-refractivity contribution in [2.45, 2.75) is 18.4 Å². The molecule has 0 bridgehead atoms. The van der Waals surface area contributed by atoms with Crippen molar-refractivity contribution in [3.8, 4) is 17.2 Å². The van der Waals surface area contributed by atoms with Crippen LogP contribution in [0, 0.1) is 0 Å². The number of carbonyl (C=O) groups excluding carboxylic acids is 2. The third kappa shape index (κ3) is 2.79. The maximum absolute atomic E-state index is 12.4. The van der Waals surface area contributed by atoms with Gasteiger partial charge in [0.2, 0.25) is 6.79 Å². The van der Waals surface area contributed by atoms with Crippen molar-refractivity contribution >= 4 is 12.0 Å². The maximum atomic E-state index is 12.4. The lowest BCUT2D eigenvalue weighted by Crippen LogP contribution is -2.53. The summed E-state index contributed by atoms with van der Waals surface area (Å²) in [6, 6.07) is 5.19. The van der Waals surface area contributed by atoms with Crippen LogP contribution in [-0.4, -0.2) is 55.5 Å². The Morgan fingerprint density at radius 3 is 3.04 bits per heavy atom.